The number of piperidine rings is 1. The standard InChI is InChI=1S/C18H23N5O2S/c1-12-4-3-5-13(15(12)25-2)14-10-20-16-23(14)21-17(26-16)22-8-6-18(24,11-19)7-9-22/h3-5,10,24H,6-9,11,19H2,1-2H3. The molecule has 1 aliphatic rings. The van der Waals surface area contributed by atoms with Crippen molar-refractivity contribution < 1.29 is 9.84 Å². The Morgan fingerprint density at radius 3 is 2.81 bits per heavy atom. The number of methoxy groups -OCH3 is 1. The van der Waals surface area contributed by atoms with Crippen LogP contribution in [0.15, 0.2) is 24.4 Å². The molecule has 1 aromatic carbocycles. The van der Waals surface area contributed by atoms with Crippen LogP contribution in [-0.4, -0.2) is 52.0 Å². The van der Waals surface area contributed by atoms with Crippen LogP contribution in [0.25, 0.3) is 16.2 Å². The van der Waals surface area contributed by atoms with E-state index in [4.69, 9.17) is 15.6 Å². The van der Waals surface area contributed by atoms with Crippen LogP contribution in [0, 0.1) is 6.92 Å². The Balaban J connectivity index is 1.68. The molecule has 0 spiro atoms. The minimum atomic E-state index is -0.742. The molecule has 3 aromatic rings. The van der Waals surface area contributed by atoms with Gasteiger partial charge in [0.05, 0.1) is 24.6 Å². The van der Waals surface area contributed by atoms with Crippen LogP contribution in [0.5, 0.6) is 5.75 Å². The molecule has 1 aliphatic heterocycles. The Morgan fingerprint density at radius 1 is 1.35 bits per heavy atom. The molecule has 2 aromatic heterocycles. The lowest BCUT2D eigenvalue weighted by atomic mass is 9.92. The van der Waals surface area contributed by atoms with Gasteiger partial charge in [0.2, 0.25) is 10.1 Å². The van der Waals surface area contributed by atoms with Gasteiger partial charge in [-0.3, -0.25) is 0 Å². The summed E-state index contributed by atoms with van der Waals surface area (Å²) in [6, 6.07) is 6.06. The van der Waals surface area contributed by atoms with E-state index in [2.05, 4.69) is 9.88 Å². The maximum Gasteiger partial charge on any atom is 0.214 e. The average molecular weight is 373 g/mol. The highest BCUT2D eigenvalue weighted by atomic mass is 32.1. The van der Waals surface area contributed by atoms with Gasteiger partial charge in [0, 0.05) is 25.2 Å². The number of imidazole rings is 1. The van der Waals surface area contributed by atoms with Crippen molar-refractivity contribution in [2.45, 2.75) is 25.4 Å². The minimum absolute atomic E-state index is 0.305. The summed E-state index contributed by atoms with van der Waals surface area (Å²) < 4.78 is 7.47. The summed E-state index contributed by atoms with van der Waals surface area (Å²) in [5.74, 6) is 0.842. The van der Waals surface area contributed by atoms with Crippen molar-refractivity contribution in [3.8, 4) is 17.0 Å². The fourth-order valence-electron chi connectivity index (χ4n) is 3.44. The number of benzene rings is 1. The Kier molecular flexibility index (Phi) is 4.34. The maximum atomic E-state index is 10.3. The van der Waals surface area contributed by atoms with Gasteiger partial charge in [-0.25, -0.2) is 9.50 Å². The lowest BCUT2D eigenvalue weighted by molar-refractivity contribution is 0.0249. The van der Waals surface area contributed by atoms with Crippen LogP contribution >= 0.6 is 11.3 Å². The monoisotopic (exact) mass is 373 g/mol. The smallest absolute Gasteiger partial charge is 0.214 e. The number of aryl methyl sites for hydroxylation is 1. The van der Waals surface area contributed by atoms with E-state index in [1.807, 2.05) is 35.8 Å². The van der Waals surface area contributed by atoms with Gasteiger partial charge in [-0.05, 0) is 31.4 Å². The van der Waals surface area contributed by atoms with Crippen molar-refractivity contribution in [1.82, 2.24) is 14.6 Å². The highest BCUT2D eigenvalue weighted by molar-refractivity contribution is 7.20. The van der Waals surface area contributed by atoms with Crippen LogP contribution in [0.4, 0.5) is 5.13 Å². The van der Waals surface area contributed by atoms with Gasteiger partial charge in [-0.2, -0.15) is 0 Å². The fraction of sp³-hybridized carbons (Fsp3) is 0.444. The quantitative estimate of drug-likeness (QED) is 0.728. The number of rotatable bonds is 4. The third kappa shape index (κ3) is 2.84. The molecule has 0 bridgehead atoms. The van der Waals surface area contributed by atoms with Crippen molar-refractivity contribution in [2.75, 3.05) is 31.6 Å². The number of fused-ring (bicyclic) bond motifs is 1. The molecular formula is C18H23N5O2S. The molecule has 1 saturated heterocycles. The number of para-hydroxylation sites is 1. The minimum Gasteiger partial charge on any atom is -0.496 e. The first kappa shape index (κ1) is 17.3. The third-order valence-corrected chi connectivity index (χ3v) is 6.09. The first-order valence-electron chi connectivity index (χ1n) is 8.70. The van der Waals surface area contributed by atoms with E-state index in [0.29, 0.717) is 19.4 Å². The summed E-state index contributed by atoms with van der Waals surface area (Å²) in [6.45, 7) is 3.82. The summed E-state index contributed by atoms with van der Waals surface area (Å²) in [5, 5.41) is 16.0. The Hall–Kier alpha value is -2.16. The second kappa shape index (κ2) is 6.53. The zero-order chi connectivity index (χ0) is 18.3. The predicted molar refractivity (Wildman–Crippen MR) is 103 cm³/mol. The van der Waals surface area contributed by atoms with Gasteiger partial charge in [0.25, 0.3) is 0 Å². The molecular weight excluding hydrogens is 350 g/mol. The number of hydrogen-bond acceptors (Lipinski definition) is 7. The molecule has 26 heavy (non-hydrogen) atoms. The molecule has 0 aliphatic carbocycles. The van der Waals surface area contributed by atoms with Crippen LogP contribution in [-0.2, 0) is 0 Å². The SMILES string of the molecule is COc1c(C)cccc1-c1cnc2sc(N3CCC(O)(CN)CC3)nn12. The zero-order valence-electron chi connectivity index (χ0n) is 15.0. The maximum absolute atomic E-state index is 10.3. The van der Waals surface area contributed by atoms with Crippen molar-refractivity contribution in [3.63, 3.8) is 0 Å². The molecule has 0 unspecified atom stereocenters. The highest BCUT2D eigenvalue weighted by Gasteiger charge is 2.32. The van der Waals surface area contributed by atoms with Crippen molar-refractivity contribution >= 4 is 21.4 Å². The Morgan fingerprint density at radius 2 is 2.12 bits per heavy atom. The third-order valence-electron chi connectivity index (χ3n) is 5.11. The lowest BCUT2D eigenvalue weighted by Gasteiger charge is -2.37. The Labute approximate surface area is 156 Å². The molecule has 8 heteroatoms. The van der Waals surface area contributed by atoms with Gasteiger partial charge in [0.15, 0.2) is 0 Å². The van der Waals surface area contributed by atoms with Crippen LogP contribution in [0.2, 0.25) is 0 Å². The van der Waals surface area contributed by atoms with Crippen molar-refractivity contribution in [2.24, 2.45) is 5.73 Å². The summed E-state index contributed by atoms with van der Waals surface area (Å²) in [4.78, 5) is 7.57. The zero-order valence-corrected chi connectivity index (χ0v) is 15.8. The van der Waals surface area contributed by atoms with Gasteiger partial charge in [0.1, 0.15) is 5.75 Å². The van der Waals surface area contributed by atoms with Crippen LogP contribution < -0.4 is 15.4 Å². The number of nitrogens with zero attached hydrogens (tertiary/aromatic N) is 4. The first-order valence-corrected chi connectivity index (χ1v) is 9.52. The summed E-state index contributed by atoms with van der Waals surface area (Å²) >= 11 is 1.56. The van der Waals surface area contributed by atoms with E-state index in [0.717, 1.165) is 45.8 Å². The van der Waals surface area contributed by atoms with Crippen molar-refractivity contribution in [3.05, 3.63) is 30.0 Å². The Bertz CT molecular complexity index is 927. The lowest BCUT2D eigenvalue weighted by Crippen LogP contribution is -2.48. The molecule has 0 radical (unpaired) electrons. The average Bonchev–Trinajstić information content (AvgIpc) is 3.23. The van der Waals surface area contributed by atoms with E-state index in [1.54, 1.807) is 18.4 Å². The number of ether oxygens (including phenoxy) is 1. The van der Waals surface area contributed by atoms with E-state index in [9.17, 15) is 5.11 Å². The summed E-state index contributed by atoms with van der Waals surface area (Å²) in [7, 11) is 1.68. The van der Waals surface area contributed by atoms with Crippen LogP contribution in [0.3, 0.4) is 0 Å². The van der Waals surface area contributed by atoms with Crippen LogP contribution in [0.1, 0.15) is 18.4 Å². The molecule has 4 rings (SSSR count). The number of hydrogen-bond donors (Lipinski definition) is 2. The first-order chi connectivity index (χ1) is 12.5. The molecule has 0 saturated carbocycles. The molecule has 3 heterocycles. The van der Waals surface area contributed by atoms with E-state index < -0.39 is 5.60 Å². The normalized spacial score (nSPS) is 17.0. The predicted octanol–water partition coefficient (Wildman–Crippen LogP) is 2.06. The molecule has 0 atom stereocenters. The summed E-state index contributed by atoms with van der Waals surface area (Å²) in [6.07, 6.45) is 3.15. The van der Waals surface area contributed by atoms with E-state index in [1.165, 1.54) is 0 Å². The van der Waals surface area contributed by atoms with Gasteiger partial charge in [-0.1, -0.05) is 23.5 Å². The van der Waals surface area contributed by atoms with Gasteiger partial charge < -0.3 is 20.5 Å². The van der Waals surface area contributed by atoms with Gasteiger partial charge in [-0.15, -0.1) is 5.10 Å². The molecule has 3 N–H and O–H groups in total. The van der Waals surface area contributed by atoms with Gasteiger partial charge >= 0.3 is 0 Å². The van der Waals surface area contributed by atoms with E-state index >= 15 is 0 Å². The topological polar surface area (TPSA) is 88.9 Å². The molecule has 138 valence electrons. The molecule has 7 nitrogen and oxygen atoms in total. The number of anilines is 1. The highest BCUT2D eigenvalue weighted by Crippen LogP contribution is 2.35. The second-order valence-electron chi connectivity index (χ2n) is 6.79. The number of nitrogens with two attached hydrogens (primary N) is 1. The number of aromatic nitrogens is 3. The second-order valence-corrected chi connectivity index (χ2v) is 7.73. The number of aliphatic hydroxyl groups is 1. The molecule has 1 fully saturated rings. The molecule has 0 amide bonds. The van der Waals surface area contributed by atoms with E-state index in [-0.39, 0.29) is 0 Å². The summed E-state index contributed by atoms with van der Waals surface area (Å²) in [5.41, 5.74) is 7.91. The largest absolute Gasteiger partial charge is 0.496 e. The fourth-order valence-corrected chi connectivity index (χ4v) is 4.37. The van der Waals surface area contributed by atoms with Crippen molar-refractivity contribution in [1.29, 1.82) is 0 Å².